The van der Waals surface area contributed by atoms with Gasteiger partial charge in [-0.1, -0.05) is 11.3 Å². The second-order valence-electron chi connectivity index (χ2n) is 4.71. The molecule has 0 saturated carbocycles. The Hall–Kier alpha value is -3.02. The van der Waals surface area contributed by atoms with Crippen molar-refractivity contribution in [3.8, 4) is 28.4 Å². The number of ether oxygens (including phenoxy) is 1. The molecule has 0 aliphatic carbocycles. The molecule has 1 heterocycles. The Bertz CT molecular complexity index is 781. The van der Waals surface area contributed by atoms with Crippen molar-refractivity contribution in [3.05, 3.63) is 48.5 Å². The van der Waals surface area contributed by atoms with Gasteiger partial charge < -0.3 is 15.6 Å². The zero-order valence-electron chi connectivity index (χ0n) is 12.1. The standard InChI is InChI=1S/C16H16N4O2/c1-2-22-14-8-6-11(7-9-14)15-16(17)20(19-18-15)12-4-3-5-13(21)10-12/h3-10,21H,2,17H2,1H3. The minimum absolute atomic E-state index is 0.148. The van der Waals surface area contributed by atoms with Crippen molar-refractivity contribution in [1.29, 1.82) is 0 Å². The first-order chi connectivity index (χ1) is 10.7. The lowest BCUT2D eigenvalue weighted by atomic mass is 10.1. The van der Waals surface area contributed by atoms with Crippen LogP contribution in [0, 0.1) is 0 Å². The highest BCUT2D eigenvalue weighted by atomic mass is 16.5. The number of nitrogens with two attached hydrogens (primary N) is 1. The van der Waals surface area contributed by atoms with Crippen LogP contribution in [0.25, 0.3) is 16.9 Å². The minimum atomic E-state index is 0.148. The van der Waals surface area contributed by atoms with Crippen LogP contribution in [0.2, 0.25) is 0 Å². The Morgan fingerprint density at radius 1 is 1.18 bits per heavy atom. The topological polar surface area (TPSA) is 86.2 Å². The third kappa shape index (κ3) is 2.58. The summed E-state index contributed by atoms with van der Waals surface area (Å²) >= 11 is 0. The van der Waals surface area contributed by atoms with Crippen molar-refractivity contribution in [2.24, 2.45) is 0 Å². The lowest BCUT2D eigenvalue weighted by Crippen LogP contribution is -2.02. The molecule has 0 radical (unpaired) electrons. The van der Waals surface area contributed by atoms with Crippen LogP contribution in [-0.4, -0.2) is 26.7 Å². The number of nitrogen functional groups attached to an aromatic ring is 1. The van der Waals surface area contributed by atoms with Crippen LogP contribution in [0.3, 0.4) is 0 Å². The predicted molar refractivity (Wildman–Crippen MR) is 84.0 cm³/mol. The van der Waals surface area contributed by atoms with E-state index in [4.69, 9.17) is 10.5 Å². The van der Waals surface area contributed by atoms with Crippen molar-refractivity contribution in [1.82, 2.24) is 15.0 Å². The summed E-state index contributed by atoms with van der Waals surface area (Å²) in [4.78, 5) is 0. The molecule has 0 saturated heterocycles. The number of hydrogen-bond acceptors (Lipinski definition) is 5. The lowest BCUT2D eigenvalue weighted by molar-refractivity contribution is 0.340. The smallest absolute Gasteiger partial charge is 0.155 e. The van der Waals surface area contributed by atoms with Crippen molar-refractivity contribution in [2.45, 2.75) is 6.92 Å². The Balaban J connectivity index is 1.96. The van der Waals surface area contributed by atoms with E-state index in [2.05, 4.69) is 10.3 Å². The van der Waals surface area contributed by atoms with E-state index in [1.54, 1.807) is 24.3 Å². The first-order valence-corrected chi connectivity index (χ1v) is 6.93. The summed E-state index contributed by atoms with van der Waals surface area (Å²) in [5, 5.41) is 17.7. The van der Waals surface area contributed by atoms with Gasteiger partial charge >= 0.3 is 0 Å². The summed E-state index contributed by atoms with van der Waals surface area (Å²) in [7, 11) is 0. The van der Waals surface area contributed by atoms with E-state index in [0.717, 1.165) is 11.3 Å². The van der Waals surface area contributed by atoms with Gasteiger partial charge in [0.05, 0.1) is 12.3 Å². The van der Waals surface area contributed by atoms with Crippen LogP contribution in [0.1, 0.15) is 6.92 Å². The molecule has 0 bridgehead atoms. The molecule has 3 aromatic rings. The fraction of sp³-hybridized carbons (Fsp3) is 0.125. The van der Waals surface area contributed by atoms with Crippen molar-refractivity contribution >= 4 is 5.82 Å². The molecule has 6 heteroatoms. The van der Waals surface area contributed by atoms with E-state index < -0.39 is 0 Å². The van der Waals surface area contributed by atoms with E-state index in [9.17, 15) is 5.11 Å². The minimum Gasteiger partial charge on any atom is -0.508 e. The molecule has 0 spiro atoms. The molecule has 1 aromatic heterocycles. The van der Waals surface area contributed by atoms with Crippen molar-refractivity contribution in [2.75, 3.05) is 12.3 Å². The Morgan fingerprint density at radius 2 is 1.95 bits per heavy atom. The highest BCUT2D eigenvalue weighted by molar-refractivity contribution is 5.71. The van der Waals surface area contributed by atoms with Crippen molar-refractivity contribution in [3.63, 3.8) is 0 Å². The molecule has 6 nitrogen and oxygen atoms in total. The number of anilines is 1. The lowest BCUT2D eigenvalue weighted by Gasteiger charge is -2.05. The van der Waals surface area contributed by atoms with Gasteiger partial charge in [0.25, 0.3) is 0 Å². The third-order valence-corrected chi connectivity index (χ3v) is 3.22. The maximum Gasteiger partial charge on any atom is 0.155 e. The second-order valence-corrected chi connectivity index (χ2v) is 4.71. The molecule has 3 rings (SSSR count). The van der Waals surface area contributed by atoms with Gasteiger partial charge in [0.2, 0.25) is 0 Å². The van der Waals surface area contributed by atoms with E-state index in [0.29, 0.717) is 23.8 Å². The van der Waals surface area contributed by atoms with Gasteiger partial charge in [-0.15, -0.1) is 5.10 Å². The molecule has 0 unspecified atom stereocenters. The molecule has 0 fully saturated rings. The number of nitrogens with zero attached hydrogens (tertiary/aromatic N) is 3. The molecule has 22 heavy (non-hydrogen) atoms. The first kappa shape index (κ1) is 13.9. The van der Waals surface area contributed by atoms with Crippen molar-refractivity contribution < 1.29 is 9.84 Å². The molecule has 0 aliphatic heterocycles. The molecule has 0 amide bonds. The molecule has 0 aliphatic rings. The molecule has 3 N–H and O–H groups in total. The van der Waals surface area contributed by atoms with Crippen LogP contribution < -0.4 is 10.5 Å². The molecule has 2 aromatic carbocycles. The number of aromatic nitrogens is 3. The van der Waals surface area contributed by atoms with Gasteiger partial charge in [-0.2, -0.15) is 4.68 Å². The van der Waals surface area contributed by atoms with Gasteiger partial charge in [-0.05, 0) is 43.3 Å². The zero-order chi connectivity index (χ0) is 15.5. The van der Waals surface area contributed by atoms with Crippen LogP contribution >= 0.6 is 0 Å². The van der Waals surface area contributed by atoms with E-state index in [1.165, 1.54) is 4.68 Å². The van der Waals surface area contributed by atoms with Gasteiger partial charge in [-0.25, -0.2) is 0 Å². The molecule has 112 valence electrons. The molecular weight excluding hydrogens is 280 g/mol. The van der Waals surface area contributed by atoms with Gasteiger partial charge in [0.15, 0.2) is 5.82 Å². The van der Waals surface area contributed by atoms with Gasteiger partial charge in [-0.3, -0.25) is 0 Å². The second kappa shape index (κ2) is 5.77. The van der Waals surface area contributed by atoms with Crippen LogP contribution in [0.4, 0.5) is 5.82 Å². The quantitative estimate of drug-likeness (QED) is 0.773. The SMILES string of the molecule is CCOc1ccc(-c2nnn(-c3cccc(O)c3)c2N)cc1. The van der Waals surface area contributed by atoms with E-state index >= 15 is 0 Å². The summed E-state index contributed by atoms with van der Waals surface area (Å²) < 4.78 is 6.91. The zero-order valence-corrected chi connectivity index (χ0v) is 12.1. The number of aromatic hydroxyl groups is 1. The maximum absolute atomic E-state index is 9.55. The third-order valence-electron chi connectivity index (χ3n) is 3.22. The summed E-state index contributed by atoms with van der Waals surface area (Å²) in [5.41, 5.74) is 8.24. The Kier molecular flexibility index (Phi) is 3.65. The fourth-order valence-electron chi connectivity index (χ4n) is 2.19. The van der Waals surface area contributed by atoms with Crippen LogP contribution in [0.5, 0.6) is 11.5 Å². The average Bonchev–Trinajstić information content (AvgIpc) is 2.90. The number of phenolic OH excluding ortho intramolecular Hbond substituents is 1. The number of hydrogen-bond donors (Lipinski definition) is 2. The van der Waals surface area contributed by atoms with Crippen LogP contribution in [-0.2, 0) is 0 Å². The van der Waals surface area contributed by atoms with E-state index in [-0.39, 0.29) is 5.75 Å². The molecule has 0 atom stereocenters. The van der Waals surface area contributed by atoms with Gasteiger partial charge in [0, 0.05) is 11.6 Å². The molecular formula is C16H16N4O2. The monoisotopic (exact) mass is 296 g/mol. The number of phenols is 1. The fourth-order valence-corrected chi connectivity index (χ4v) is 2.19. The summed E-state index contributed by atoms with van der Waals surface area (Å²) in [6.07, 6.45) is 0. The largest absolute Gasteiger partial charge is 0.508 e. The van der Waals surface area contributed by atoms with Crippen LogP contribution in [0.15, 0.2) is 48.5 Å². The average molecular weight is 296 g/mol. The van der Waals surface area contributed by atoms with E-state index in [1.807, 2.05) is 31.2 Å². The summed E-state index contributed by atoms with van der Waals surface area (Å²) in [6.45, 7) is 2.56. The Labute approximate surface area is 127 Å². The highest BCUT2D eigenvalue weighted by Gasteiger charge is 2.13. The first-order valence-electron chi connectivity index (χ1n) is 6.93. The summed E-state index contributed by atoms with van der Waals surface area (Å²) in [6, 6.07) is 14.2. The number of rotatable bonds is 4. The Morgan fingerprint density at radius 3 is 2.64 bits per heavy atom. The maximum atomic E-state index is 9.55. The summed E-state index contributed by atoms with van der Waals surface area (Å²) in [5.74, 6) is 1.36. The predicted octanol–water partition coefficient (Wildman–Crippen LogP) is 2.62. The highest BCUT2D eigenvalue weighted by Crippen LogP contribution is 2.27. The normalized spacial score (nSPS) is 10.6. The van der Waals surface area contributed by atoms with Gasteiger partial charge in [0.1, 0.15) is 17.2 Å². The number of benzene rings is 2.